The number of rotatable bonds is 6. The Balaban J connectivity index is 3.96. The SMILES string of the molecule is CCC(CF)C(CN=O)N=O. The van der Waals surface area contributed by atoms with Crippen LogP contribution in [0.1, 0.15) is 13.3 Å². The number of hydrogen-bond donors (Lipinski definition) is 0. The van der Waals surface area contributed by atoms with Gasteiger partial charge in [0.05, 0.1) is 6.67 Å². The average molecular weight is 162 g/mol. The third kappa shape index (κ3) is 3.15. The minimum absolute atomic E-state index is 0.216. The molecule has 0 saturated heterocycles. The first-order valence-electron chi connectivity index (χ1n) is 3.47. The highest BCUT2D eigenvalue weighted by Crippen LogP contribution is 2.13. The molecule has 2 unspecified atom stereocenters. The summed E-state index contributed by atoms with van der Waals surface area (Å²) in [6.45, 7) is 0.904. The topological polar surface area (TPSA) is 58.9 Å². The smallest absolute Gasteiger partial charge is 0.120 e. The van der Waals surface area contributed by atoms with Gasteiger partial charge < -0.3 is 0 Å². The summed E-state index contributed by atoms with van der Waals surface area (Å²) in [4.78, 5) is 19.8. The molecule has 2 atom stereocenters. The van der Waals surface area contributed by atoms with Gasteiger partial charge in [0.2, 0.25) is 0 Å². The summed E-state index contributed by atoms with van der Waals surface area (Å²) in [6.07, 6.45) is 0.502. The lowest BCUT2D eigenvalue weighted by atomic mass is 9.99. The van der Waals surface area contributed by atoms with Crippen LogP contribution in [-0.2, 0) is 0 Å². The van der Waals surface area contributed by atoms with E-state index in [-0.39, 0.29) is 6.54 Å². The maximum absolute atomic E-state index is 12.1. The van der Waals surface area contributed by atoms with Gasteiger partial charge in [0.25, 0.3) is 0 Å². The Bertz CT molecular complexity index is 128. The molecular weight excluding hydrogens is 151 g/mol. The van der Waals surface area contributed by atoms with Crippen molar-refractivity contribution in [1.29, 1.82) is 0 Å². The molecule has 0 aromatic heterocycles. The zero-order valence-corrected chi connectivity index (χ0v) is 6.36. The minimum Gasteiger partial charge on any atom is -0.251 e. The highest BCUT2D eigenvalue weighted by Gasteiger charge is 2.20. The second-order valence-electron chi connectivity index (χ2n) is 2.31. The van der Waals surface area contributed by atoms with E-state index in [9.17, 15) is 14.2 Å². The molecule has 0 aliphatic heterocycles. The van der Waals surface area contributed by atoms with E-state index in [0.29, 0.717) is 6.42 Å². The molecule has 0 rings (SSSR count). The van der Waals surface area contributed by atoms with E-state index in [4.69, 9.17) is 0 Å². The molecule has 0 radical (unpaired) electrons. The first kappa shape index (κ1) is 10.1. The van der Waals surface area contributed by atoms with Gasteiger partial charge in [-0.15, -0.1) is 0 Å². The maximum atomic E-state index is 12.1. The van der Waals surface area contributed by atoms with Crippen molar-refractivity contribution in [2.24, 2.45) is 16.3 Å². The van der Waals surface area contributed by atoms with Crippen molar-refractivity contribution in [3.63, 3.8) is 0 Å². The zero-order valence-electron chi connectivity index (χ0n) is 6.36. The maximum Gasteiger partial charge on any atom is 0.120 e. The molecule has 4 nitrogen and oxygen atoms in total. The Morgan fingerprint density at radius 3 is 2.36 bits per heavy atom. The van der Waals surface area contributed by atoms with Crippen LogP contribution in [0.25, 0.3) is 0 Å². The second kappa shape index (κ2) is 5.88. The van der Waals surface area contributed by atoms with Gasteiger partial charge in [0, 0.05) is 5.92 Å². The van der Waals surface area contributed by atoms with Crippen LogP contribution in [0, 0.1) is 15.7 Å². The van der Waals surface area contributed by atoms with Crippen LogP contribution in [-0.4, -0.2) is 19.3 Å². The molecule has 0 aliphatic rings. The minimum atomic E-state index is -0.789. The Kier molecular flexibility index (Phi) is 5.42. The molecule has 0 heterocycles. The fourth-order valence-corrected chi connectivity index (χ4v) is 0.829. The molecule has 0 bridgehead atoms. The van der Waals surface area contributed by atoms with Crippen LogP contribution >= 0.6 is 0 Å². The summed E-state index contributed by atoms with van der Waals surface area (Å²) in [5.41, 5.74) is 0. The van der Waals surface area contributed by atoms with E-state index in [1.54, 1.807) is 6.92 Å². The van der Waals surface area contributed by atoms with Gasteiger partial charge in [-0.05, 0) is 6.42 Å². The highest BCUT2D eigenvalue weighted by molar-refractivity contribution is 4.76. The standard InChI is InChI=1S/C6H11FN2O2/c1-2-5(3-7)6(9-11)4-8-10/h5-6H,2-4H2,1H3. The molecular formula is C6H11FN2O2. The van der Waals surface area contributed by atoms with Crippen LogP contribution in [0.15, 0.2) is 10.4 Å². The van der Waals surface area contributed by atoms with Gasteiger partial charge in [0.1, 0.15) is 12.6 Å². The lowest BCUT2D eigenvalue weighted by molar-refractivity contribution is 0.308. The van der Waals surface area contributed by atoms with E-state index >= 15 is 0 Å². The van der Waals surface area contributed by atoms with Crippen LogP contribution < -0.4 is 0 Å². The fraction of sp³-hybridized carbons (Fsp3) is 1.00. The van der Waals surface area contributed by atoms with Crippen molar-refractivity contribution in [3.05, 3.63) is 9.81 Å². The molecule has 5 heteroatoms. The van der Waals surface area contributed by atoms with Gasteiger partial charge in [-0.1, -0.05) is 17.3 Å². The second-order valence-corrected chi connectivity index (χ2v) is 2.31. The lowest BCUT2D eigenvalue weighted by Gasteiger charge is -2.12. The molecule has 0 spiro atoms. The van der Waals surface area contributed by atoms with Crippen LogP contribution in [0.2, 0.25) is 0 Å². The number of nitroso groups, excluding NO2 is 2. The van der Waals surface area contributed by atoms with Crippen molar-refractivity contribution in [3.8, 4) is 0 Å². The molecule has 0 amide bonds. The average Bonchev–Trinajstić information content (AvgIpc) is 2.05. The van der Waals surface area contributed by atoms with Gasteiger partial charge >= 0.3 is 0 Å². The quantitative estimate of drug-likeness (QED) is 0.560. The van der Waals surface area contributed by atoms with Crippen molar-refractivity contribution in [1.82, 2.24) is 0 Å². The van der Waals surface area contributed by atoms with Gasteiger partial charge in [0.15, 0.2) is 0 Å². The van der Waals surface area contributed by atoms with Gasteiger partial charge in [-0.2, -0.15) is 9.81 Å². The lowest BCUT2D eigenvalue weighted by Crippen LogP contribution is -2.22. The van der Waals surface area contributed by atoms with E-state index in [1.165, 1.54) is 0 Å². The summed E-state index contributed by atoms with van der Waals surface area (Å²) in [6, 6.07) is -0.789. The Morgan fingerprint density at radius 1 is 1.45 bits per heavy atom. The largest absolute Gasteiger partial charge is 0.251 e. The number of nitrogens with zero attached hydrogens (tertiary/aromatic N) is 2. The molecule has 0 aromatic carbocycles. The molecule has 0 aromatic rings. The van der Waals surface area contributed by atoms with Crippen molar-refractivity contribution < 1.29 is 4.39 Å². The molecule has 0 aliphatic carbocycles. The van der Waals surface area contributed by atoms with Crippen molar-refractivity contribution >= 4 is 0 Å². The number of hydrogen-bond acceptors (Lipinski definition) is 4. The van der Waals surface area contributed by atoms with Crippen LogP contribution in [0.5, 0.6) is 0 Å². The monoisotopic (exact) mass is 162 g/mol. The van der Waals surface area contributed by atoms with Crippen LogP contribution in [0.3, 0.4) is 0 Å². The fourth-order valence-electron chi connectivity index (χ4n) is 0.829. The predicted molar refractivity (Wildman–Crippen MR) is 40.0 cm³/mol. The molecule has 0 N–H and O–H groups in total. The van der Waals surface area contributed by atoms with E-state index in [1.807, 2.05) is 0 Å². The third-order valence-corrected chi connectivity index (χ3v) is 1.66. The predicted octanol–water partition coefficient (Wildman–Crippen LogP) is 1.88. The van der Waals surface area contributed by atoms with Crippen molar-refractivity contribution in [2.45, 2.75) is 19.4 Å². The Labute approximate surface area is 64.1 Å². The van der Waals surface area contributed by atoms with E-state index < -0.39 is 18.6 Å². The Hall–Kier alpha value is -0.870. The van der Waals surface area contributed by atoms with E-state index in [0.717, 1.165) is 0 Å². The number of alkyl halides is 1. The number of halogens is 1. The van der Waals surface area contributed by atoms with Gasteiger partial charge in [-0.3, -0.25) is 4.39 Å². The summed E-state index contributed by atoms with van der Waals surface area (Å²) in [5.74, 6) is -0.454. The normalized spacial score (nSPS) is 15.5. The zero-order chi connectivity index (χ0) is 8.69. The summed E-state index contributed by atoms with van der Waals surface area (Å²) >= 11 is 0. The first-order chi connectivity index (χ1) is 5.29. The summed E-state index contributed by atoms with van der Waals surface area (Å²) in [7, 11) is 0. The third-order valence-electron chi connectivity index (χ3n) is 1.66. The molecule has 0 saturated carbocycles. The molecule has 64 valence electrons. The molecule has 11 heavy (non-hydrogen) atoms. The highest BCUT2D eigenvalue weighted by atomic mass is 19.1. The van der Waals surface area contributed by atoms with Crippen molar-refractivity contribution in [2.75, 3.05) is 13.2 Å². The Morgan fingerprint density at radius 2 is 2.09 bits per heavy atom. The van der Waals surface area contributed by atoms with Gasteiger partial charge in [-0.25, -0.2) is 0 Å². The van der Waals surface area contributed by atoms with Crippen LogP contribution in [0.4, 0.5) is 4.39 Å². The molecule has 0 fully saturated rings. The first-order valence-corrected chi connectivity index (χ1v) is 3.47. The summed E-state index contributed by atoms with van der Waals surface area (Å²) in [5, 5.41) is 5.15. The van der Waals surface area contributed by atoms with E-state index in [2.05, 4.69) is 10.4 Å². The summed E-state index contributed by atoms with van der Waals surface area (Å²) < 4.78 is 12.1.